The summed E-state index contributed by atoms with van der Waals surface area (Å²) in [7, 11) is 0. The van der Waals surface area contributed by atoms with Crippen molar-refractivity contribution < 1.29 is 4.74 Å². The minimum atomic E-state index is 0.248. The molecule has 96 valence electrons. The molecule has 1 aromatic rings. The molecule has 17 heavy (non-hydrogen) atoms. The largest absolute Gasteiger partial charge is 0.490 e. The molecule has 1 aromatic heterocycles. The Hall–Kier alpha value is -1.09. The molecule has 0 aliphatic heterocycles. The number of aromatic nitrogens is 1. The van der Waals surface area contributed by atoms with Crippen LogP contribution in [0.1, 0.15) is 39.7 Å². The van der Waals surface area contributed by atoms with Gasteiger partial charge in [0.25, 0.3) is 0 Å². The van der Waals surface area contributed by atoms with E-state index >= 15 is 0 Å². The molecular weight excluding hydrogens is 212 g/mol. The Morgan fingerprint density at radius 1 is 1.35 bits per heavy atom. The Bertz CT molecular complexity index is 326. The maximum absolute atomic E-state index is 5.97. The quantitative estimate of drug-likeness (QED) is 0.790. The summed E-state index contributed by atoms with van der Waals surface area (Å²) in [6, 6.07) is 1.95. The van der Waals surface area contributed by atoms with Crippen LogP contribution in [0.3, 0.4) is 0 Å². The summed E-state index contributed by atoms with van der Waals surface area (Å²) in [5.74, 6) is 1.61. The van der Waals surface area contributed by atoms with Crippen molar-refractivity contribution in [2.45, 2.75) is 46.8 Å². The minimum absolute atomic E-state index is 0.248. The van der Waals surface area contributed by atoms with E-state index in [9.17, 15) is 0 Å². The third-order valence-electron chi connectivity index (χ3n) is 2.56. The Balaban J connectivity index is 2.62. The number of hydrogen-bond acceptors (Lipinski definition) is 3. The summed E-state index contributed by atoms with van der Waals surface area (Å²) >= 11 is 0. The van der Waals surface area contributed by atoms with E-state index in [4.69, 9.17) is 4.74 Å². The van der Waals surface area contributed by atoms with Crippen LogP contribution in [0.5, 0.6) is 5.75 Å². The Kier molecular flexibility index (Phi) is 5.98. The number of nitrogens with zero attached hydrogens (tertiary/aromatic N) is 1. The molecule has 0 aliphatic carbocycles. The fraction of sp³-hybridized carbons (Fsp3) is 0.643. The molecule has 0 bridgehead atoms. The highest BCUT2D eigenvalue weighted by Crippen LogP contribution is 2.20. The van der Waals surface area contributed by atoms with E-state index in [2.05, 4.69) is 38.0 Å². The monoisotopic (exact) mass is 236 g/mol. The molecule has 1 atom stereocenters. The fourth-order valence-electron chi connectivity index (χ4n) is 1.85. The molecule has 0 amide bonds. The van der Waals surface area contributed by atoms with Gasteiger partial charge in [0.05, 0.1) is 6.10 Å². The first-order valence-corrected chi connectivity index (χ1v) is 6.43. The third-order valence-corrected chi connectivity index (χ3v) is 2.56. The second-order valence-electron chi connectivity index (χ2n) is 4.82. The highest BCUT2D eigenvalue weighted by molar-refractivity contribution is 5.30. The van der Waals surface area contributed by atoms with Crippen LogP contribution < -0.4 is 10.1 Å². The van der Waals surface area contributed by atoms with E-state index < -0.39 is 0 Å². The van der Waals surface area contributed by atoms with Gasteiger partial charge < -0.3 is 10.1 Å². The van der Waals surface area contributed by atoms with Gasteiger partial charge in [0.15, 0.2) is 0 Å². The van der Waals surface area contributed by atoms with Crippen molar-refractivity contribution in [3.63, 3.8) is 0 Å². The van der Waals surface area contributed by atoms with Gasteiger partial charge in [-0.15, -0.1) is 0 Å². The zero-order valence-corrected chi connectivity index (χ0v) is 11.4. The lowest BCUT2D eigenvalue weighted by atomic mass is 10.1. The predicted octanol–water partition coefficient (Wildman–Crippen LogP) is 3.00. The molecule has 0 radical (unpaired) electrons. The fourth-order valence-corrected chi connectivity index (χ4v) is 1.85. The Labute approximate surface area is 105 Å². The maximum atomic E-state index is 5.97. The van der Waals surface area contributed by atoms with Crippen LogP contribution in [0.4, 0.5) is 0 Å². The molecule has 0 saturated heterocycles. The van der Waals surface area contributed by atoms with Gasteiger partial charge >= 0.3 is 0 Å². The van der Waals surface area contributed by atoms with E-state index in [-0.39, 0.29) is 6.10 Å². The molecule has 0 spiro atoms. The smallest absolute Gasteiger partial charge is 0.127 e. The van der Waals surface area contributed by atoms with E-state index in [1.165, 1.54) is 0 Å². The van der Waals surface area contributed by atoms with Crippen molar-refractivity contribution in [3.8, 4) is 5.75 Å². The van der Waals surface area contributed by atoms with Crippen LogP contribution in [0.15, 0.2) is 18.5 Å². The maximum Gasteiger partial charge on any atom is 0.127 e. The van der Waals surface area contributed by atoms with Crippen LogP contribution in [0.25, 0.3) is 0 Å². The van der Waals surface area contributed by atoms with Crippen molar-refractivity contribution in [1.29, 1.82) is 0 Å². The van der Waals surface area contributed by atoms with Crippen molar-refractivity contribution >= 4 is 0 Å². The van der Waals surface area contributed by atoms with Crippen LogP contribution in [-0.4, -0.2) is 17.6 Å². The average molecular weight is 236 g/mol. The van der Waals surface area contributed by atoms with Gasteiger partial charge in [-0.2, -0.15) is 0 Å². The van der Waals surface area contributed by atoms with E-state index in [0.29, 0.717) is 5.92 Å². The molecule has 0 fully saturated rings. The van der Waals surface area contributed by atoms with Gasteiger partial charge in [-0.3, -0.25) is 4.98 Å². The Morgan fingerprint density at radius 3 is 2.76 bits per heavy atom. The second-order valence-corrected chi connectivity index (χ2v) is 4.82. The molecule has 1 N–H and O–H groups in total. The minimum Gasteiger partial charge on any atom is -0.490 e. The average Bonchev–Trinajstić information content (AvgIpc) is 2.26. The van der Waals surface area contributed by atoms with Crippen LogP contribution in [0.2, 0.25) is 0 Å². The summed E-state index contributed by atoms with van der Waals surface area (Å²) < 4.78 is 5.97. The first-order valence-electron chi connectivity index (χ1n) is 6.43. The van der Waals surface area contributed by atoms with Gasteiger partial charge in [-0.1, -0.05) is 20.8 Å². The van der Waals surface area contributed by atoms with E-state index in [1.807, 2.05) is 12.3 Å². The number of pyridine rings is 1. The number of rotatable bonds is 7. The molecule has 1 unspecified atom stereocenters. The van der Waals surface area contributed by atoms with Crippen molar-refractivity contribution in [2.24, 2.45) is 5.92 Å². The highest BCUT2D eigenvalue weighted by Gasteiger charge is 2.09. The summed E-state index contributed by atoms with van der Waals surface area (Å²) in [5, 5.41) is 3.30. The van der Waals surface area contributed by atoms with Crippen LogP contribution in [0, 0.1) is 5.92 Å². The van der Waals surface area contributed by atoms with Gasteiger partial charge in [0.2, 0.25) is 0 Å². The molecule has 3 heteroatoms. The number of nitrogens with one attached hydrogen (secondary N) is 1. The van der Waals surface area contributed by atoms with Crippen molar-refractivity contribution in [1.82, 2.24) is 10.3 Å². The van der Waals surface area contributed by atoms with Crippen LogP contribution >= 0.6 is 0 Å². The standard InChI is InChI=1S/C14H24N2O/c1-5-15-9-13-10-16-7-6-14(13)17-12(4)8-11(2)3/h6-7,10-12,15H,5,8-9H2,1-4H3. The van der Waals surface area contributed by atoms with Gasteiger partial charge in [0.1, 0.15) is 5.75 Å². The molecular formula is C14H24N2O. The molecule has 0 saturated carbocycles. The second kappa shape index (κ2) is 7.28. The van der Waals surface area contributed by atoms with Gasteiger partial charge in [-0.05, 0) is 31.9 Å². The van der Waals surface area contributed by atoms with Crippen molar-refractivity contribution in [2.75, 3.05) is 6.54 Å². The molecule has 1 heterocycles. The van der Waals surface area contributed by atoms with E-state index in [0.717, 1.165) is 30.8 Å². The highest BCUT2D eigenvalue weighted by atomic mass is 16.5. The first-order chi connectivity index (χ1) is 8.13. The predicted molar refractivity (Wildman–Crippen MR) is 71.2 cm³/mol. The molecule has 1 rings (SSSR count). The van der Waals surface area contributed by atoms with Crippen LogP contribution in [-0.2, 0) is 6.54 Å². The van der Waals surface area contributed by atoms with Crippen molar-refractivity contribution in [3.05, 3.63) is 24.0 Å². The summed E-state index contributed by atoms with van der Waals surface area (Å²) in [6.07, 6.45) is 4.98. The van der Waals surface area contributed by atoms with E-state index in [1.54, 1.807) is 6.20 Å². The Morgan fingerprint density at radius 2 is 2.12 bits per heavy atom. The molecule has 3 nitrogen and oxygen atoms in total. The zero-order chi connectivity index (χ0) is 12.7. The number of ether oxygens (including phenoxy) is 1. The summed E-state index contributed by atoms with van der Waals surface area (Å²) in [4.78, 5) is 4.15. The summed E-state index contributed by atoms with van der Waals surface area (Å²) in [5.41, 5.74) is 1.13. The SMILES string of the molecule is CCNCc1cnccc1OC(C)CC(C)C. The molecule has 0 aromatic carbocycles. The zero-order valence-electron chi connectivity index (χ0n) is 11.4. The topological polar surface area (TPSA) is 34.2 Å². The lowest BCUT2D eigenvalue weighted by molar-refractivity contribution is 0.191. The lowest BCUT2D eigenvalue weighted by Crippen LogP contribution is -2.18. The van der Waals surface area contributed by atoms with Gasteiger partial charge in [-0.25, -0.2) is 0 Å². The third kappa shape index (κ3) is 5.18. The first kappa shape index (κ1) is 14.0. The molecule has 0 aliphatic rings. The number of hydrogen-bond donors (Lipinski definition) is 1. The van der Waals surface area contributed by atoms with Gasteiger partial charge in [0, 0.05) is 24.5 Å². The lowest BCUT2D eigenvalue weighted by Gasteiger charge is -2.18. The normalized spacial score (nSPS) is 12.8. The summed E-state index contributed by atoms with van der Waals surface area (Å²) in [6.45, 7) is 10.4.